The third-order valence-corrected chi connectivity index (χ3v) is 8.97. The molecule has 0 aliphatic carbocycles. The number of unbranched alkanes of at least 4 members (excludes halogenated alkanes) is 2. The zero-order valence-corrected chi connectivity index (χ0v) is 23.5. The molecule has 4 aromatic rings. The van der Waals surface area contributed by atoms with Gasteiger partial charge in [-0.15, -0.1) is 5.10 Å². The van der Waals surface area contributed by atoms with Gasteiger partial charge in [-0.25, -0.2) is 17.9 Å². The van der Waals surface area contributed by atoms with Crippen LogP contribution < -0.4 is 10.3 Å². The first-order valence-electron chi connectivity index (χ1n) is 13.4. The first-order chi connectivity index (χ1) is 18.8. The van der Waals surface area contributed by atoms with Crippen LogP contribution in [-0.4, -0.2) is 51.6 Å². The minimum Gasteiger partial charge on any atom is -0.493 e. The van der Waals surface area contributed by atoms with E-state index in [1.807, 2.05) is 37.3 Å². The third kappa shape index (κ3) is 6.23. The fourth-order valence-electron chi connectivity index (χ4n) is 4.79. The van der Waals surface area contributed by atoms with Crippen LogP contribution in [0.4, 0.5) is 0 Å². The number of nitrogens with one attached hydrogen (secondary N) is 1. The van der Waals surface area contributed by atoms with Gasteiger partial charge in [0, 0.05) is 13.0 Å². The maximum absolute atomic E-state index is 13.8. The molecule has 0 bridgehead atoms. The van der Waals surface area contributed by atoms with Crippen molar-refractivity contribution in [1.82, 2.24) is 19.6 Å². The minimum atomic E-state index is -3.85. The molecule has 0 aliphatic rings. The number of aliphatic hydroxyl groups excluding tert-OH is 1. The Kier molecular flexibility index (Phi) is 9.19. The van der Waals surface area contributed by atoms with Crippen molar-refractivity contribution >= 4 is 15.4 Å². The van der Waals surface area contributed by atoms with Gasteiger partial charge in [-0.05, 0) is 56.9 Å². The van der Waals surface area contributed by atoms with E-state index in [-0.39, 0.29) is 35.7 Å². The van der Waals surface area contributed by atoms with E-state index in [0.29, 0.717) is 41.4 Å². The average molecular weight is 553 g/mol. The molecule has 9 nitrogen and oxygen atoms in total. The number of ether oxygens (including phenoxy) is 1. The lowest BCUT2D eigenvalue weighted by atomic mass is 10.1. The number of aromatic amines is 1. The lowest BCUT2D eigenvalue weighted by Gasteiger charge is -2.19. The number of hydrogen-bond acceptors (Lipinski definition) is 7. The van der Waals surface area contributed by atoms with Crippen molar-refractivity contribution in [2.45, 2.75) is 69.4 Å². The first-order valence-corrected chi connectivity index (χ1v) is 15.0. The smallest absolute Gasteiger partial charge is 0.277 e. The number of fused-ring (bicyclic) bond motifs is 1. The molecule has 1 atom stereocenters. The van der Waals surface area contributed by atoms with E-state index in [9.17, 15) is 18.3 Å². The van der Waals surface area contributed by atoms with E-state index >= 15 is 0 Å². The maximum Gasteiger partial charge on any atom is 0.277 e. The summed E-state index contributed by atoms with van der Waals surface area (Å²) in [5.74, 6) is 1.30. The first kappa shape index (κ1) is 28.5. The highest BCUT2D eigenvalue weighted by molar-refractivity contribution is 7.92. The van der Waals surface area contributed by atoms with Crippen molar-refractivity contribution in [1.29, 1.82) is 0 Å². The Morgan fingerprint density at radius 2 is 1.87 bits per heavy atom. The zero-order chi connectivity index (χ0) is 28.0. The second-order valence-electron chi connectivity index (χ2n) is 9.59. The molecule has 2 aromatic carbocycles. The Morgan fingerprint density at radius 3 is 2.56 bits per heavy atom. The summed E-state index contributed by atoms with van der Waals surface area (Å²) < 4.78 is 35.0. The molecule has 0 fully saturated rings. The van der Waals surface area contributed by atoms with E-state index in [1.54, 1.807) is 17.5 Å². The molecule has 0 spiro atoms. The highest BCUT2D eigenvalue weighted by atomic mass is 32.2. The number of aryl methyl sites for hydroxylation is 2. The summed E-state index contributed by atoms with van der Waals surface area (Å²) in [6.07, 6.45) is 4.05. The third-order valence-electron chi connectivity index (χ3n) is 6.78. The van der Waals surface area contributed by atoms with Crippen LogP contribution in [0, 0.1) is 6.92 Å². The van der Waals surface area contributed by atoms with E-state index in [2.05, 4.69) is 16.9 Å². The lowest BCUT2D eigenvalue weighted by Crippen LogP contribution is -2.25. The van der Waals surface area contributed by atoms with Crippen LogP contribution in [0.3, 0.4) is 0 Å². The highest BCUT2D eigenvalue weighted by Crippen LogP contribution is 2.32. The van der Waals surface area contributed by atoms with Crippen LogP contribution in [0.1, 0.15) is 56.6 Å². The molecule has 208 valence electrons. The van der Waals surface area contributed by atoms with Crippen LogP contribution in [0.15, 0.2) is 58.2 Å². The molecule has 39 heavy (non-hydrogen) atoms. The topological polar surface area (TPSA) is 127 Å². The molecule has 0 aliphatic heterocycles. The number of aliphatic hydroxyl groups is 1. The highest BCUT2D eigenvalue weighted by Gasteiger charge is 2.29. The van der Waals surface area contributed by atoms with Crippen LogP contribution >= 0.6 is 0 Å². The average Bonchev–Trinajstić information content (AvgIpc) is 3.25. The molecule has 0 saturated heterocycles. The van der Waals surface area contributed by atoms with E-state index in [0.717, 1.165) is 24.8 Å². The molecule has 10 heteroatoms. The Balaban J connectivity index is 1.82. The van der Waals surface area contributed by atoms with Crippen molar-refractivity contribution in [2.24, 2.45) is 0 Å². The normalized spacial score (nSPS) is 12.6. The Labute approximate surface area is 228 Å². The van der Waals surface area contributed by atoms with Gasteiger partial charge in [-0.1, -0.05) is 50.1 Å². The second kappa shape index (κ2) is 12.6. The summed E-state index contributed by atoms with van der Waals surface area (Å²) in [4.78, 5) is 20.6. The van der Waals surface area contributed by atoms with Gasteiger partial charge in [-0.2, -0.15) is 0 Å². The Bertz CT molecular complexity index is 1580. The van der Waals surface area contributed by atoms with Gasteiger partial charge < -0.3 is 14.8 Å². The number of H-pyrrole nitrogens is 1. The van der Waals surface area contributed by atoms with Crippen LogP contribution in [0.5, 0.6) is 5.75 Å². The molecule has 1 unspecified atom stereocenters. The van der Waals surface area contributed by atoms with Crippen LogP contribution in [0.25, 0.3) is 16.9 Å². The second-order valence-corrected chi connectivity index (χ2v) is 11.8. The lowest BCUT2D eigenvalue weighted by molar-refractivity contribution is 0.285. The molecule has 2 aromatic heterocycles. The minimum absolute atomic E-state index is 0.0723. The molecule has 0 saturated carbocycles. The number of hydrogen-bond donors (Lipinski definition) is 2. The molecule has 2 heterocycles. The Morgan fingerprint density at radius 1 is 1.10 bits per heavy atom. The number of imidazole rings is 1. The number of rotatable bonds is 13. The van der Waals surface area contributed by atoms with E-state index in [4.69, 9.17) is 9.84 Å². The van der Waals surface area contributed by atoms with Gasteiger partial charge in [0.15, 0.2) is 21.2 Å². The van der Waals surface area contributed by atoms with E-state index < -0.39 is 15.1 Å². The number of sulfone groups is 1. The van der Waals surface area contributed by atoms with Gasteiger partial charge >= 0.3 is 0 Å². The number of nitrogens with zero attached hydrogens (tertiary/aromatic N) is 3. The fraction of sp³-hybridized carbons (Fsp3) is 0.414. The van der Waals surface area contributed by atoms with Gasteiger partial charge in [0.25, 0.3) is 5.56 Å². The predicted octanol–water partition coefficient (Wildman–Crippen LogP) is 4.29. The number of benzene rings is 2. The van der Waals surface area contributed by atoms with Gasteiger partial charge in [0.2, 0.25) is 0 Å². The van der Waals surface area contributed by atoms with Gasteiger partial charge in [0.05, 0.1) is 28.0 Å². The van der Waals surface area contributed by atoms with Crippen molar-refractivity contribution in [3.05, 3.63) is 76.0 Å². The largest absolute Gasteiger partial charge is 0.493 e. The van der Waals surface area contributed by atoms with Crippen molar-refractivity contribution in [2.75, 3.05) is 13.2 Å². The summed E-state index contributed by atoms with van der Waals surface area (Å²) in [5, 5.41) is 13.5. The summed E-state index contributed by atoms with van der Waals surface area (Å²) in [6, 6.07) is 13.9. The van der Waals surface area contributed by atoms with E-state index in [1.165, 1.54) is 12.1 Å². The summed E-state index contributed by atoms with van der Waals surface area (Å²) >= 11 is 0. The predicted molar refractivity (Wildman–Crippen MR) is 151 cm³/mol. The summed E-state index contributed by atoms with van der Waals surface area (Å²) in [5.41, 5.74) is 1.84. The van der Waals surface area contributed by atoms with Gasteiger partial charge in [0.1, 0.15) is 11.6 Å². The molecular formula is C29H36N4O5S. The zero-order valence-electron chi connectivity index (χ0n) is 22.7. The maximum atomic E-state index is 13.8. The van der Waals surface area contributed by atoms with Crippen LogP contribution in [-0.2, 0) is 22.7 Å². The SMILES string of the molecule is CCCCCc1nc(C)c2c(=O)[nH]c(-c3cc(S(=O)(=O)C(CCO)Cc4ccccc4)ccc3OCC)nn12. The quantitative estimate of drug-likeness (QED) is 0.237. The number of aromatic nitrogens is 4. The monoisotopic (exact) mass is 552 g/mol. The Hall–Kier alpha value is -3.50. The summed E-state index contributed by atoms with van der Waals surface area (Å²) in [7, 11) is -3.85. The molecular weight excluding hydrogens is 516 g/mol. The molecule has 2 N–H and O–H groups in total. The van der Waals surface area contributed by atoms with Crippen molar-refractivity contribution in [3.63, 3.8) is 0 Å². The standard InChI is InChI=1S/C29H36N4O5S/c1-4-6-8-13-26-30-20(3)27-29(35)31-28(32-33(26)27)24-19-22(14-15-25(24)38-5-2)39(36,37)23(16-17-34)18-21-11-9-7-10-12-21/h7,9-12,14-15,19,23,34H,4-6,8,13,16-18H2,1-3H3,(H,31,32,35). The van der Waals surface area contributed by atoms with Crippen LogP contribution in [0.2, 0.25) is 0 Å². The van der Waals surface area contributed by atoms with Gasteiger partial charge in [-0.3, -0.25) is 4.79 Å². The van der Waals surface area contributed by atoms with Crippen molar-refractivity contribution in [3.8, 4) is 17.1 Å². The molecule has 0 radical (unpaired) electrons. The molecule has 0 amide bonds. The fourth-order valence-corrected chi connectivity index (χ4v) is 6.54. The summed E-state index contributed by atoms with van der Waals surface area (Å²) in [6.45, 7) is 5.82. The molecule has 4 rings (SSSR count). The van der Waals surface area contributed by atoms with Crippen molar-refractivity contribution < 1.29 is 18.3 Å².